The molecule has 0 spiro atoms. The minimum atomic E-state index is -0.136. The van der Waals surface area contributed by atoms with Crippen molar-refractivity contribution in [1.82, 2.24) is 4.98 Å². The molecule has 0 saturated carbocycles. The fourth-order valence-corrected chi connectivity index (χ4v) is 2.63. The van der Waals surface area contributed by atoms with Crippen LogP contribution in [-0.4, -0.2) is 16.6 Å². The summed E-state index contributed by atoms with van der Waals surface area (Å²) in [6.07, 6.45) is 1.61. The molecule has 1 amide bonds. The van der Waals surface area contributed by atoms with Gasteiger partial charge in [0.05, 0.1) is 11.3 Å². The minimum Gasteiger partial charge on any atom is -0.325 e. The van der Waals surface area contributed by atoms with Crippen LogP contribution in [-0.2, 0) is 4.79 Å². The summed E-state index contributed by atoms with van der Waals surface area (Å²) >= 11 is 4.59. The lowest BCUT2D eigenvalue weighted by molar-refractivity contribution is -0.113. The van der Waals surface area contributed by atoms with Gasteiger partial charge in [0.25, 0.3) is 0 Å². The summed E-state index contributed by atoms with van der Waals surface area (Å²) in [5, 5.41) is 12.3. The summed E-state index contributed by atoms with van der Waals surface area (Å²) in [6.45, 7) is 0. The zero-order chi connectivity index (χ0) is 14.4. The zero-order valence-corrected chi connectivity index (χ0v) is 12.7. The topological polar surface area (TPSA) is 65.8 Å². The first kappa shape index (κ1) is 14.6. The van der Waals surface area contributed by atoms with Crippen LogP contribution in [0.5, 0.6) is 0 Å². The second kappa shape index (κ2) is 7.08. The summed E-state index contributed by atoms with van der Waals surface area (Å²) in [5.41, 5.74) is 1.21. The Morgan fingerprint density at radius 3 is 3.00 bits per heavy atom. The molecule has 1 heterocycles. The van der Waals surface area contributed by atoms with E-state index in [0.717, 1.165) is 10.2 Å². The Hall–Kier alpha value is -1.84. The average molecular weight is 348 g/mol. The largest absolute Gasteiger partial charge is 0.325 e. The maximum absolute atomic E-state index is 11.8. The first-order valence-corrected chi connectivity index (χ1v) is 7.50. The van der Waals surface area contributed by atoms with Gasteiger partial charge in [-0.25, -0.2) is 4.98 Å². The number of halogens is 1. The van der Waals surface area contributed by atoms with Gasteiger partial charge in [0.15, 0.2) is 0 Å². The van der Waals surface area contributed by atoms with Crippen LogP contribution in [0.2, 0.25) is 0 Å². The average Bonchev–Trinajstić information content (AvgIpc) is 2.45. The van der Waals surface area contributed by atoms with E-state index in [1.54, 1.807) is 18.3 Å². The van der Waals surface area contributed by atoms with E-state index in [2.05, 4.69) is 32.3 Å². The number of aromatic nitrogens is 1. The van der Waals surface area contributed by atoms with E-state index in [1.807, 2.05) is 24.3 Å². The first-order valence-electron chi connectivity index (χ1n) is 5.72. The predicted octanol–water partition coefficient (Wildman–Crippen LogP) is 3.45. The number of hydrogen-bond donors (Lipinski definition) is 1. The fourth-order valence-electron chi connectivity index (χ4n) is 1.49. The predicted molar refractivity (Wildman–Crippen MR) is 82.4 cm³/mol. The SMILES string of the molecule is N#Cc1cccnc1SCC(=O)Nc1cccc(Br)c1. The van der Waals surface area contributed by atoms with E-state index in [0.29, 0.717) is 10.6 Å². The van der Waals surface area contributed by atoms with Crippen molar-refractivity contribution in [3.05, 3.63) is 52.6 Å². The molecule has 1 aromatic carbocycles. The summed E-state index contributed by atoms with van der Waals surface area (Å²) in [7, 11) is 0. The molecule has 20 heavy (non-hydrogen) atoms. The fraction of sp³-hybridized carbons (Fsp3) is 0.0714. The zero-order valence-electron chi connectivity index (χ0n) is 10.3. The van der Waals surface area contributed by atoms with Crippen molar-refractivity contribution in [2.24, 2.45) is 0 Å². The number of nitrogens with zero attached hydrogens (tertiary/aromatic N) is 2. The molecule has 1 aromatic heterocycles. The van der Waals surface area contributed by atoms with E-state index in [1.165, 1.54) is 11.8 Å². The molecule has 4 nitrogen and oxygen atoms in total. The van der Waals surface area contributed by atoms with Crippen LogP contribution in [0.1, 0.15) is 5.56 Å². The van der Waals surface area contributed by atoms with Gasteiger partial charge >= 0.3 is 0 Å². The Labute approximate surface area is 129 Å². The maximum atomic E-state index is 11.8. The number of rotatable bonds is 4. The van der Waals surface area contributed by atoms with Crippen molar-refractivity contribution in [3.63, 3.8) is 0 Å². The number of hydrogen-bond acceptors (Lipinski definition) is 4. The summed E-state index contributed by atoms with van der Waals surface area (Å²) in [4.78, 5) is 15.9. The van der Waals surface area contributed by atoms with Gasteiger partial charge in [0.2, 0.25) is 5.91 Å². The Bertz CT molecular complexity index is 669. The second-order valence-corrected chi connectivity index (χ2v) is 5.69. The number of carbonyl (C=O) groups excluding carboxylic acids is 1. The standard InChI is InChI=1S/C14H10BrN3OS/c15-11-4-1-5-12(7-11)18-13(19)9-20-14-10(8-16)3-2-6-17-14/h1-7H,9H2,(H,18,19). The van der Waals surface area contributed by atoms with Crippen molar-refractivity contribution in [2.45, 2.75) is 5.03 Å². The molecule has 1 N–H and O–H groups in total. The van der Waals surface area contributed by atoms with Gasteiger partial charge in [-0.1, -0.05) is 33.8 Å². The van der Waals surface area contributed by atoms with E-state index in [4.69, 9.17) is 5.26 Å². The van der Waals surface area contributed by atoms with Crippen LogP contribution in [0.25, 0.3) is 0 Å². The van der Waals surface area contributed by atoms with Gasteiger partial charge in [0, 0.05) is 16.4 Å². The first-order chi connectivity index (χ1) is 9.69. The van der Waals surface area contributed by atoms with Gasteiger partial charge in [-0.3, -0.25) is 4.79 Å². The van der Waals surface area contributed by atoms with Crippen molar-refractivity contribution < 1.29 is 4.79 Å². The number of anilines is 1. The molecule has 0 aliphatic carbocycles. The molecular formula is C14H10BrN3OS. The molecule has 0 fully saturated rings. The highest BCUT2D eigenvalue weighted by Crippen LogP contribution is 2.20. The lowest BCUT2D eigenvalue weighted by Crippen LogP contribution is -2.14. The maximum Gasteiger partial charge on any atom is 0.234 e. The Balaban J connectivity index is 1.94. The van der Waals surface area contributed by atoms with Gasteiger partial charge in [-0.05, 0) is 30.3 Å². The molecule has 0 atom stereocenters. The lowest BCUT2D eigenvalue weighted by atomic mass is 10.3. The molecule has 0 radical (unpaired) electrons. The van der Waals surface area contributed by atoms with Crippen molar-refractivity contribution in [3.8, 4) is 6.07 Å². The molecule has 0 unspecified atom stereocenters. The molecule has 100 valence electrons. The molecule has 2 rings (SSSR count). The molecule has 2 aromatic rings. The van der Waals surface area contributed by atoms with Gasteiger partial charge in [-0.15, -0.1) is 0 Å². The Morgan fingerprint density at radius 2 is 2.25 bits per heavy atom. The molecule has 0 bridgehead atoms. The third-order valence-electron chi connectivity index (χ3n) is 2.34. The van der Waals surface area contributed by atoms with E-state index < -0.39 is 0 Å². The van der Waals surface area contributed by atoms with Crippen LogP contribution in [0.15, 0.2) is 52.1 Å². The van der Waals surface area contributed by atoms with Gasteiger partial charge in [-0.2, -0.15) is 5.26 Å². The minimum absolute atomic E-state index is 0.136. The second-order valence-electron chi connectivity index (χ2n) is 3.82. The number of amides is 1. The number of nitriles is 1. The Morgan fingerprint density at radius 1 is 1.40 bits per heavy atom. The van der Waals surface area contributed by atoms with Crippen LogP contribution >= 0.6 is 27.7 Å². The number of benzene rings is 1. The monoisotopic (exact) mass is 347 g/mol. The van der Waals surface area contributed by atoms with Crippen LogP contribution in [0, 0.1) is 11.3 Å². The molecular weight excluding hydrogens is 338 g/mol. The number of thioether (sulfide) groups is 1. The van der Waals surface area contributed by atoms with Crippen molar-refractivity contribution in [2.75, 3.05) is 11.1 Å². The third kappa shape index (κ3) is 4.08. The summed E-state index contributed by atoms with van der Waals surface area (Å²) in [5.74, 6) is 0.0701. The highest BCUT2D eigenvalue weighted by Gasteiger charge is 2.08. The third-order valence-corrected chi connectivity index (χ3v) is 3.84. The summed E-state index contributed by atoms with van der Waals surface area (Å²) in [6, 6.07) is 12.8. The van der Waals surface area contributed by atoms with Crippen molar-refractivity contribution >= 4 is 39.3 Å². The number of nitrogens with one attached hydrogen (secondary N) is 1. The summed E-state index contributed by atoms with van der Waals surface area (Å²) < 4.78 is 0.902. The highest BCUT2D eigenvalue weighted by molar-refractivity contribution is 9.10. The lowest BCUT2D eigenvalue weighted by Gasteiger charge is -2.05. The molecule has 0 saturated heterocycles. The van der Waals surface area contributed by atoms with Crippen molar-refractivity contribution in [1.29, 1.82) is 5.26 Å². The molecule has 0 aliphatic rings. The van der Waals surface area contributed by atoms with Crippen LogP contribution in [0.3, 0.4) is 0 Å². The van der Waals surface area contributed by atoms with Gasteiger partial charge in [0.1, 0.15) is 11.1 Å². The number of pyridine rings is 1. The van der Waals surface area contributed by atoms with Crippen LogP contribution in [0.4, 0.5) is 5.69 Å². The normalized spacial score (nSPS) is 9.80. The molecule has 6 heteroatoms. The molecule has 0 aliphatic heterocycles. The highest BCUT2D eigenvalue weighted by atomic mass is 79.9. The number of carbonyl (C=O) groups is 1. The van der Waals surface area contributed by atoms with Crippen LogP contribution < -0.4 is 5.32 Å². The quantitative estimate of drug-likeness (QED) is 0.860. The van der Waals surface area contributed by atoms with Gasteiger partial charge < -0.3 is 5.32 Å². The Kier molecular flexibility index (Phi) is 5.16. The van der Waals surface area contributed by atoms with E-state index >= 15 is 0 Å². The smallest absolute Gasteiger partial charge is 0.234 e. The van der Waals surface area contributed by atoms with E-state index in [9.17, 15) is 4.79 Å². The van der Waals surface area contributed by atoms with E-state index in [-0.39, 0.29) is 11.7 Å².